The number of aromatic nitrogens is 5. The van der Waals surface area contributed by atoms with E-state index in [-0.39, 0.29) is 6.61 Å². The largest absolute Gasteiger partial charge is 0.396 e. The van der Waals surface area contributed by atoms with Crippen LogP contribution in [0.3, 0.4) is 0 Å². The molecule has 124 valence electrons. The Morgan fingerprint density at radius 1 is 1.00 bits per heavy atom. The molecule has 0 aliphatic heterocycles. The number of aliphatic hydroxyl groups is 1. The molecular formula is C18H16N6O. The van der Waals surface area contributed by atoms with Crippen molar-refractivity contribution in [1.82, 2.24) is 25.0 Å². The van der Waals surface area contributed by atoms with Gasteiger partial charge in [0.1, 0.15) is 0 Å². The van der Waals surface area contributed by atoms with Crippen LogP contribution in [0.1, 0.15) is 5.56 Å². The van der Waals surface area contributed by atoms with Crippen molar-refractivity contribution in [1.29, 1.82) is 0 Å². The third-order valence-corrected chi connectivity index (χ3v) is 3.80. The predicted molar refractivity (Wildman–Crippen MR) is 95.0 cm³/mol. The zero-order valence-corrected chi connectivity index (χ0v) is 13.4. The van der Waals surface area contributed by atoms with Gasteiger partial charge in [0.15, 0.2) is 11.2 Å². The molecule has 2 heterocycles. The van der Waals surface area contributed by atoms with E-state index < -0.39 is 0 Å². The second kappa shape index (κ2) is 6.66. The van der Waals surface area contributed by atoms with Crippen LogP contribution in [-0.2, 0) is 6.42 Å². The van der Waals surface area contributed by atoms with Gasteiger partial charge in [-0.3, -0.25) is 0 Å². The Bertz CT molecular complexity index is 982. The summed E-state index contributed by atoms with van der Waals surface area (Å²) in [7, 11) is 0. The second-order valence-electron chi connectivity index (χ2n) is 5.53. The van der Waals surface area contributed by atoms with E-state index in [0.29, 0.717) is 23.5 Å². The highest BCUT2D eigenvalue weighted by atomic mass is 16.2. The van der Waals surface area contributed by atoms with Crippen LogP contribution < -0.4 is 5.32 Å². The molecule has 0 unspecified atom stereocenters. The number of fused-ring (bicyclic) bond motifs is 1. The summed E-state index contributed by atoms with van der Waals surface area (Å²) in [5, 5.41) is 20.5. The fraction of sp³-hybridized carbons (Fsp3) is 0.111. The lowest BCUT2D eigenvalue weighted by Gasteiger charge is -2.06. The Morgan fingerprint density at radius 3 is 2.56 bits per heavy atom. The summed E-state index contributed by atoms with van der Waals surface area (Å²) in [6, 6.07) is 17.5. The summed E-state index contributed by atoms with van der Waals surface area (Å²) in [6.07, 6.45) is 2.28. The number of anilines is 2. The van der Waals surface area contributed by atoms with Gasteiger partial charge in [-0.05, 0) is 36.2 Å². The predicted octanol–water partition coefficient (Wildman–Crippen LogP) is 2.49. The molecule has 0 saturated carbocycles. The SMILES string of the molecule is OCCc1ccc(-n2nnc3cnc(Nc4ccccc4)nc32)cc1. The van der Waals surface area contributed by atoms with Gasteiger partial charge in [0.25, 0.3) is 0 Å². The maximum Gasteiger partial charge on any atom is 0.229 e. The minimum atomic E-state index is 0.132. The van der Waals surface area contributed by atoms with E-state index in [4.69, 9.17) is 5.11 Å². The van der Waals surface area contributed by atoms with E-state index in [0.717, 1.165) is 16.9 Å². The van der Waals surface area contributed by atoms with Crippen LogP contribution in [0.4, 0.5) is 11.6 Å². The summed E-state index contributed by atoms with van der Waals surface area (Å²) < 4.78 is 1.68. The molecule has 4 aromatic rings. The third-order valence-electron chi connectivity index (χ3n) is 3.80. The fourth-order valence-corrected chi connectivity index (χ4v) is 2.55. The Balaban J connectivity index is 1.68. The Labute approximate surface area is 144 Å². The Morgan fingerprint density at radius 2 is 1.80 bits per heavy atom. The summed E-state index contributed by atoms with van der Waals surface area (Å²) in [6.45, 7) is 0.132. The molecule has 0 saturated heterocycles. The lowest BCUT2D eigenvalue weighted by Crippen LogP contribution is -2.01. The molecule has 0 amide bonds. The van der Waals surface area contributed by atoms with Crippen LogP contribution >= 0.6 is 0 Å². The van der Waals surface area contributed by atoms with Crippen molar-refractivity contribution in [3.63, 3.8) is 0 Å². The van der Waals surface area contributed by atoms with Crippen LogP contribution in [0.2, 0.25) is 0 Å². The topological polar surface area (TPSA) is 88.8 Å². The van der Waals surface area contributed by atoms with Crippen molar-refractivity contribution < 1.29 is 5.11 Å². The van der Waals surface area contributed by atoms with E-state index in [1.807, 2.05) is 54.6 Å². The smallest absolute Gasteiger partial charge is 0.229 e. The lowest BCUT2D eigenvalue weighted by atomic mass is 10.1. The lowest BCUT2D eigenvalue weighted by molar-refractivity contribution is 0.299. The summed E-state index contributed by atoms with van der Waals surface area (Å²) in [4.78, 5) is 8.82. The minimum Gasteiger partial charge on any atom is -0.396 e. The standard InChI is InChI=1S/C18H16N6O/c25-11-10-13-6-8-15(9-7-13)24-17-16(22-23-24)12-19-18(21-17)20-14-4-2-1-3-5-14/h1-9,12,25H,10-11H2,(H,19,20,21). The molecule has 0 atom stereocenters. The van der Waals surface area contributed by atoms with E-state index in [2.05, 4.69) is 25.6 Å². The molecule has 2 aromatic heterocycles. The number of hydrogen-bond donors (Lipinski definition) is 2. The number of aliphatic hydroxyl groups excluding tert-OH is 1. The fourth-order valence-electron chi connectivity index (χ4n) is 2.55. The number of nitrogens with zero attached hydrogens (tertiary/aromatic N) is 5. The van der Waals surface area contributed by atoms with Gasteiger partial charge < -0.3 is 10.4 Å². The van der Waals surface area contributed by atoms with E-state index in [1.54, 1.807) is 10.9 Å². The molecule has 7 nitrogen and oxygen atoms in total. The normalized spacial score (nSPS) is 10.9. The number of para-hydroxylation sites is 1. The third kappa shape index (κ3) is 3.17. The first kappa shape index (κ1) is 15.2. The number of benzene rings is 2. The Hall–Kier alpha value is -3.32. The van der Waals surface area contributed by atoms with Crippen LogP contribution in [0.15, 0.2) is 60.8 Å². The van der Waals surface area contributed by atoms with Gasteiger partial charge in [-0.1, -0.05) is 35.5 Å². The molecule has 2 aromatic carbocycles. The first-order chi connectivity index (χ1) is 12.3. The van der Waals surface area contributed by atoms with E-state index in [1.165, 1.54) is 0 Å². The van der Waals surface area contributed by atoms with Gasteiger partial charge in [0.05, 0.1) is 11.9 Å². The molecule has 0 aliphatic carbocycles. The molecule has 7 heteroatoms. The summed E-state index contributed by atoms with van der Waals surface area (Å²) in [5.41, 5.74) is 4.08. The van der Waals surface area contributed by atoms with Crippen molar-refractivity contribution in [3.8, 4) is 5.69 Å². The first-order valence-electron chi connectivity index (χ1n) is 7.94. The molecule has 0 spiro atoms. The molecule has 25 heavy (non-hydrogen) atoms. The van der Waals surface area contributed by atoms with Crippen molar-refractivity contribution >= 4 is 22.8 Å². The van der Waals surface area contributed by atoms with Crippen molar-refractivity contribution in [2.45, 2.75) is 6.42 Å². The molecule has 0 radical (unpaired) electrons. The van der Waals surface area contributed by atoms with Gasteiger partial charge >= 0.3 is 0 Å². The molecule has 0 bridgehead atoms. The zero-order valence-electron chi connectivity index (χ0n) is 13.4. The Kier molecular flexibility index (Phi) is 4.05. The van der Waals surface area contributed by atoms with Crippen molar-refractivity contribution in [3.05, 3.63) is 66.4 Å². The number of hydrogen-bond acceptors (Lipinski definition) is 6. The zero-order chi connectivity index (χ0) is 17.1. The summed E-state index contributed by atoms with van der Waals surface area (Å²) >= 11 is 0. The van der Waals surface area contributed by atoms with Gasteiger partial charge in [-0.25, -0.2) is 4.98 Å². The van der Waals surface area contributed by atoms with Crippen molar-refractivity contribution in [2.75, 3.05) is 11.9 Å². The van der Waals surface area contributed by atoms with Crippen molar-refractivity contribution in [2.24, 2.45) is 0 Å². The molecule has 4 rings (SSSR count). The highest BCUT2D eigenvalue weighted by Crippen LogP contribution is 2.18. The van der Waals surface area contributed by atoms with Crippen LogP contribution in [0.5, 0.6) is 0 Å². The van der Waals surface area contributed by atoms with Crippen LogP contribution in [0, 0.1) is 0 Å². The number of nitrogens with one attached hydrogen (secondary N) is 1. The van der Waals surface area contributed by atoms with Crippen LogP contribution in [0.25, 0.3) is 16.9 Å². The van der Waals surface area contributed by atoms with Gasteiger partial charge in [-0.2, -0.15) is 9.67 Å². The van der Waals surface area contributed by atoms with Gasteiger partial charge in [0, 0.05) is 12.3 Å². The van der Waals surface area contributed by atoms with E-state index in [9.17, 15) is 0 Å². The quantitative estimate of drug-likeness (QED) is 0.584. The molecular weight excluding hydrogens is 316 g/mol. The minimum absolute atomic E-state index is 0.132. The van der Waals surface area contributed by atoms with Gasteiger partial charge in [0.2, 0.25) is 5.95 Å². The maximum absolute atomic E-state index is 9.01. The van der Waals surface area contributed by atoms with Gasteiger partial charge in [-0.15, -0.1) is 5.10 Å². The summed E-state index contributed by atoms with van der Waals surface area (Å²) in [5.74, 6) is 0.485. The number of rotatable bonds is 5. The van der Waals surface area contributed by atoms with Crippen LogP contribution in [-0.4, -0.2) is 36.7 Å². The maximum atomic E-state index is 9.01. The highest BCUT2D eigenvalue weighted by molar-refractivity contribution is 5.72. The first-order valence-corrected chi connectivity index (χ1v) is 7.94. The second-order valence-corrected chi connectivity index (χ2v) is 5.53. The molecule has 2 N–H and O–H groups in total. The highest BCUT2D eigenvalue weighted by Gasteiger charge is 2.10. The average molecular weight is 332 g/mol. The average Bonchev–Trinajstić information content (AvgIpc) is 3.07. The molecule has 0 fully saturated rings. The van der Waals surface area contributed by atoms with E-state index >= 15 is 0 Å². The molecule has 0 aliphatic rings. The monoisotopic (exact) mass is 332 g/mol.